The number of methoxy groups -OCH3 is 2. The van der Waals surface area contributed by atoms with Gasteiger partial charge in [0.25, 0.3) is 0 Å². The fourth-order valence-electron chi connectivity index (χ4n) is 2.24. The zero-order valence-corrected chi connectivity index (χ0v) is 13.9. The first-order valence-electron chi connectivity index (χ1n) is 7.18. The van der Waals surface area contributed by atoms with Gasteiger partial charge in [-0.2, -0.15) is 0 Å². The SMILES string of the molecule is COC.COC.O=CC1CCC(C=O)N1Cc1ccccc1. The van der Waals surface area contributed by atoms with E-state index in [1.807, 2.05) is 35.2 Å². The highest BCUT2D eigenvalue weighted by molar-refractivity contribution is 5.64. The monoisotopic (exact) mass is 309 g/mol. The van der Waals surface area contributed by atoms with Crippen molar-refractivity contribution >= 4 is 12.6 Å². The molecule has 1 aromatic carbocycles. The largest absolute Gasteiger partial charge is 0.388 e. The minimum Gasteiger partial charge on any atom is -0.388 e. The summed E-state index contributed by atoms with van der Waals surface area (Å²) < 4.78 is 8.50. The fourth-order valence-corrected chi connectivity index (χ4v) is 2.24. The average Bonchev–Trinajstić information content (AvgIpc) is 2.92. The first-order valence-corrected chi connectivity index (χ1v) is 7.18. The molecule has 0 radical (unpaired) electrons. The summed E-state index contributed by atoms with van der Waals surface area (Å²) in [5.74, 6) is 0. The normalized spacial score (nSPS) is 20.2. The van der Waals surface area contributed by atoms with Gasteiger partial charge in [0, 0.05) is 35.0 Å². The summed E-state index contributed by atoms with van der Waals surface area (Å²) >= 11 is 0. The summed E-state index contributed by atoms with van der Waals surface area (Å²) in [4.78, 5) is 23.8. The molecule has 1 fully saturated rings. The number of nitrogens with zero attached hydrogens (tertiary/aromatic N) is 1. The van der Waals surface area contributed by atoms with Crippen LogP contribution in [0.4, 0.5) is 0 Å². The molecule has 0 amide bonds. The van der Waals surface area contributed by atoms with Crippen molar-refractivity contribution in [2.24, 2.45) is 0 Å². The Morgan fingerprint density at radius 3 is 1.73 bits per heavy atom. The molecule has 1 aliphatic heterocycles. The molecule has 2 rings (SSSR count). The van der Waals surface area contributed by atoms with E-state index in [1.165, 1.54) is 0 Å². The van der Waals surface area contributed by atoms with Gasteiger partial charge in [-0.05, 0) is 18.4 Å². The number of rotatable bonds is 4. The van der Waals surface area contributed by atoms with E-state index in [9.17, 15) is 9.59 Å². The Hall–Kier alpha value is -1.56. The number of hydrogen-bond acceptors (Lipinski definition) is 5. The number of hydrogen-bond donors (Lipinski definition) is 0. The van der Waals surface area contributed by atoms with Crippen LogP contribution in [-0.4, -0.2) is 58.0 Å². The molecular formula is C17H27NO4. The lowest BCUT2D eigenvalue weighted by atomic mass is 10.2. The lowest BCUT2D eigenvalue weighted by Gasteiger charge is -2.23. The molecule has 0 N–H and O–H groups in total. The molecule has 22 heavy (non-hydrogen) atoms. The van der Waals surface area contributed by atoms with Crippen molar-refractivity contribution < 1.29 is 19.1 Å². The van der Waals surface area contributed by atoms with Crippen molar-refractivity contribution in [3.8, 4) is 0 Å². The highest BCUT2D eigenvalue weighted by Gasteiger charge is 2.32. The van der Waals surface area contributed by atoms with Gasteiger partial charge in [-0.15, -0.1) is 0 Å². The lowest BCUT2D eigenvalue weighted by Crippen LogP contribution is -2.37. The van der Waals surface area contributed by atoms with Crippen LogP contribution in [-0.2, 0) is 25.6 Å². The van der Waals surface area contributed by atoms with E-state index in [0.29, 0.717) is 6.54 Å². The third-order valence-electron chi connectivity index (χ3n) is 3.13. The molecule has 0 spiro atoms. The van der Waals surface area contributed by atoms with Gasteiger partial charge in [0.15, 0.2) is 0 Å². The van der Waals surface area contributed by atoms with E-state index in [1.54, 1.807) is 28.4 Å². The van der Waals surface area contributed by atoms with Crippen molar-refractivity contribution in [2.75, 3.05) is 28.4 Å². The van der Waals surface area contributed by atoms with Crippen LogP contribution in [0.3, 0.4) is 0 Å². The van der Waals surface area contributed by atoms with E-state index >= 15 is 0 Å². The number of benzene rings is 1. The Morgan fingerprint density at radius 1 is 0.955 bits per heavy atom. The molecule has 5 nitrogen and oxygen atoms in total. The van der Waals surface area contributed by atoms with Gasteiger partial charge in [-0.3, -0.25) is 4.90 Å². The van der Waals surface area contributed by atoms with Crippen LogP contribution in [0.25, 0.3) is 0 Å². The second-order valence-corrected chi connectivity index (χ2v) is 4.96. The molecule has 0 aromatic heterocycles. The summed E-state index contributed by atoms with van der Waals surface area (Å²) in [7, 11) is 6.50. The van der Waals surface area contributed by atoms with Crippen molar-refractivity contribution in [3.63, 3.8) is 0 Å². The molecule has 2 unspecified atom stereocenters. The van der Waals surface area contributed by atoms with E-state index in [0.717, 1.165) is 31.0 Å². The molecule has 1 aromatic rings. The zero-order valence-electron chi connectivity index (χ0n) is 13.9. The third-order valence-corrected chi connectivity index (χ3v) is 3.13. The Labute approximate surface area is 133 Å². The molecule has 0 saturated carbocycles. The molecule has 0 bridgehead atoms. The maximum atomic E-state index is 10.9. The van der Waals surface area contributed by atoms with E-state index in [4.69, 9.17) is 0 Å². The van der Waals surface area contributed by atoms with Crippen LogP contribution in [0.1, 0.15) is 18.4 Å². The first-order chi connectivity index (χ1) is 10.7. The molecule has 2 atom stereocenters. The average molecular weight is 309 g/mol. The summed E-state index contributed by atoms with van der Waals surface area (Å²) in [6.07, 6.45) is 3.48. The topological polar surface area (TPSA) is 55.8 Å². The van der Waals surface area contributed by atoms with Gasteiger partial charge in [0.2, 0.25) is 0 Å². The van der Waals surface area contributed by atoms with Crippen LogP contribution < -0.4 is 0 Å². The Balaban J connectivity index is 0.000000639. The van der Waals surface area contributed by atoms with Crippen molar-refractivity contribution in [1.29, 1.82) is 0 Å². The second-order valence-electron chi connectivity index (χ2n) is 4.96. The van der Waals surface area contributed by atoms with Crippen molar-refractivity contribution in [2.45, 2.75) is 31.5 Å². The van der Waals surface area contributed by atoms with Crippen LogP contribution in [0.2, 0.25) is 0 Å². The third kappa shape index (κ3) is 7.45. The molecule has 1 heterocycles. The van der Waals surface area contributed by atoms with Crippen molar-refractivity contribution in [1.82, 2.24) is 4.90 Å². The summed E-state index contributed by atoms with van der Waals surface area (Å²) in [6.45, 7) is 0.674. The quantitative estimate of drug-likeness (QED) is 0.796. The van der Waals surface area contributed by atoms with Crippen LogP contribution in [0, 0.1) is 0 Å². The number of carbonyl (C=O) groups excluding carboxylic acids is 2. The van der Waals surface area contributed by atoms with E-state index in [-0.39, 0.29) is 12.1 Å². The molecule has 1 aliphatic rings. The Kier molecular flexibility index (Phi) is 12.2. The van der Waals surface area contributed by atoms with Gasteiger partial charge in [-0.1, -0.05) is 30.3 Å². The van der Waals surface area contributed by atoms with Gasteiger partial charge < -0.3 is 19.1 Å². The standard InChI is InChI=1S/C13H15NO2.2C2H6O/c15-9-12-6-7-13(10-16)14(12)8-11-4-2-1-3-5-11;2*1-3-2/h1-5,9-10,12-13H,6-8H2;2*1-2H3. The smallest absolute Gasteiger partial charge is 0.137 e. The van der Waals surface area contributed by atoms with Crippen molar-refractivity contribution in [3.05, 3.63) is 35.9 Å². The summed E-state index contributed by atoms with van der Waals surface area (Å²) in [5.41, 5.74) is 1.14. The lowest BCUT2D eigenvalue weighted by molar-refractivity contribution is -0.115. The minimum atomic E-state index is -0.101. The fraction of sp³-hybridized carbons (Fsp3) is 0.529. The van der Waals surface area contributed by atoms with Crippen LogP contribution in [0.5, 0.6) is 0 Å². The van der Waals surface area contributed by atoms with Crippen LogP contribution >= 0.6 is 0 Å². The van der Waals surface area contributed by atoms with Gasteiger partial charge in [0.05, 0.1) is 12.1 Å². The number of likely N-dealkylation sites (tertiary alicyclic amines) is 1. The molecule has 1 saturated heterocycles. The highest BCUT2D eigenvalue weighted by Crippen LogP contribution is 2.23. The Bertz CT molecular complexity index is 379. The van der Waals surface area contributed by atoms with Gasteiger partial charge in [-0.25, -0.2) is 0 Å². The zero-order chi connectivity index (χ0) is 16.8. The minimum absolute atomic E-state index is 0.101. The van der Waals surface area contributed by atoms with Crippen LogP contribution in [0.15, 0.2) is 30.3 Å². The molecule has 5 heteroatoms. The maximum Gasteiger partial charge on any atom is 0.137 e. The van der Waals surface area contributed by atoms with E-state index in [2.05, 4.69) is 9.47 Å². The number of aldehydes is 2. The highest BCUT2D eigenvalue weighted by atomic mass is 16.5. The predicted molar refractivity (Wildman–Crippen MR) is 86.8 cm³/mol. The molecule has 124 valence electrons. The summed E-state index contributed by atoms with van der Waals surface area (Å²) in [6, 6.07) is 9.73. The van der Waals surface area contributed by atoms with Gasteiger partial charge in [0.1, 0.15) is 12.6 Å². The summed E-state index contributed by atoms with van der Waals surface area (Å²) in [5, 5.41) is 0. The Morgan fingerprint density at radius 2 is 1.36 bits per heavy atom. The van der Waals surface area contributed by atoms with Gasteiger partial charge >= 0.3 is 0 Å². The molecular weight excluding hydrogens is 282 g/mol. The predicted octanol–water partition coefficient (Wildman–Crippen LogP) is 1.94. The number of carbonyl (C=O) groups is 2. The molecule has 0 aliphatic carbocycles. The maximum absolute atomic E-state index is 10.9. The number of ether oxygens (including phenoxy) is 2. The van der Waals surface area contributed by atoms with E-state index < -0.39 is 0 Å². The first kappa shape index (κ1) is 20.4. The second kappa shape index (κ2) is 13.1.